The number of rotatable bonds is 4. The van der Waals surface area contributed by atoms with Gasteiger partial charge in [0.1, 0.15) is 5.82 Å². The fraction of sp³-hybridized carbons (Fsp3) is 0.652. The van der Waals surface area contributed by atoms with E-state index in [0.29, 0.717) is 17.8 Å². The normalized spacial score (nSPS) is 24.4. The first kappa shape index (κ1) is 18.7. The molecule has 146 valence electrons. The Bertz CT molecular complexity index is 851. The molecule has 1 aromatic carbocycles. The molecular formula is C23H33N3O. The Balaban J connectivity index is 1.75. The summed E-state index contributed by atoms with van der Waals surface area (Å²) in [5.41, 5.74) is 8.10. The van der Waals surface area contributed by atoms with Crippen molar-refractivity contribution in [3.8, 4) is 0 Å². The third kappa shape index (κ3) is 3.96. The largest absolute Gasteiger partial charge is 0.330 e. The lowest BCUT2D eigenvalue weighted by Gasteiger charge is -2.31. The van der Waals surface area contributed by atoms with Crippen molar-refractivity contribution in [2.75, 3.05) is 6.54 Å². The van der Waals surface area contributed by atoms with Gasteiger partial charge in [0.05, 0.1) is 10.9 Å². The third-order valence-corrected chi connectivity index (χ3v) is 6.78. The van der Waals surface area contributed by atoms with Crippen molar-refractivity contribution in [3.05, 3.63) is 39.9 Å². The summed E-state index contributed by atoms with van der Waals surface area (Å²) in [4.78, 5) is 18.5. The van der Waals surface area contributed by atoms with Gasteiger partial charge in [-0.2, -0.15) is 0 Å². The molecule has 2 fully saturated rings. The minimum absolute atomic E-state index is 0.166. The molecular weight excluding hydrogens is 334 g/mol. The van der Waals surface area contributed by atoms with E-state index in [9.17, 15) is 4.79 Å². The lowest BCUT2D eigenvalue weighted by molar-refractivity contribution is 0.241. The molecule has 2 aliphatic carbocycles. The maximum Gasteiger partial charge on any atom is 0.261 e. The molecule has 4 nitrogen and oxygen atoms in total. The number of nitrogens with two attached hydrogens (primary N) is 1. The lowest BCUT2D eigenvalue weighted by Crippen LogP contribution is -2.33. The van der Waals surface area contributed by atoms with Gasteiger partial charge in [0, 0.05) is 12.5 Å². The number of benzene rings is 1. The Kier molecular flexibility index (Phi) is 5.63. The molecule has 27 heavy (non-hydrogen) atoms. The summed E-state index contributed by atoms with van der Waals surface area (Å²) in [5, 5.41) is 0.778. The summed E-state index contributed by atoms with van der Waals surface area (Å²) in [7, 11) is 0. The summed E-state index contributed by atoms with van der Waals surface area (Å²) < 4.78 is 2.06. The van der Waals surface area contributed by atoms with Crippen LogP contribution in [0.2, 0.25) is 0 Å². The van der Waals surface area contributed by atoms with Crippen molar-refractivity contribution in [1.29, 1.82) is 0 Å². The molecule has 0 radical (unpaired) electrons. The molecule has 2 atom stereocenters. The van der Waals surface area contributed by atoms with Gasteiger partial charge in [0.25, 0.3) is 5.56 Å². The van der Waals surface area contributed by atoms with Crippen LogP contribution in [0.15, 0.2) is 23.0 Å². The van der Waals surface area contributed by atoms with Crippen molar-refractivity contribution < 1.29 is 0 Å². The predicted octanol–water partition coefficient (Wildman–Crippen LogP) is 4.52. The van der Waals surface area contributed by atoms with E-state index >= 15 is 0 Å². The first-order chi connectivity index (χ1) is 13.2. The number of aromatic nitrogens is 2. The second kappa shape index (κ2) is 8.14. The van der Waals surface area contributed by atoms with Crippen LogP contribution in [0.4, 0.5) is 0 Å². The van der Waals surface area contributed by atoms with Gasteiger partial charge in [-0.3, -0.25) is 9.36 Å². The van der Waals surface area contributed by atoms with Crippen LogP contribution in [0.5, 0.6) is 0 Å². The molecule has 2 N–H and O–H groups in total. The number of aryl methyl sites for hydroxylation is 1. The molecule has 2 unspecified atom stereocenters. The summed E-state index contributed by atoms with van der Waals surface area (Å²) in [5.74, 6) is 2.65. The molecule has 0 aliphatic heterocycles. The van der Waals surface area contributed by atoms with Gasteiger partial charge in [0.15, 0.2) is 0 Å². The van der Waals surface area contributed by atoms with Crippen LogP contribution in [-0.2, 0) is 6.54 Å². The molecule has 4 rings (SSSR count). The summed E-state index contributed by atoms with van der Waals surface area (Å²) >= 11 is 0. The number of fused-ring (bicyclic) bond motifs is 1. The van der Waals surface area contributed by atoms with E-state index < -0.39 is 0 Å². The van der Waals surface area contributed by atoms with Gasteiger partial charge in [-0.05, 0) is 69.5 Å². The van der Waals surface area contributed by atoms with Crippen molar-refractivity contribution >= 4 is 10.9 Å². The minimum Gasteiger partial charge on any atom is -0.330 e. The van der Waals surface area contributed by atoms with E-state index in [-0.39, 0.29) is 5.56 Å². The predicted molar refractivity (Wildman–Crippen MR) is 111 cm³/mol. The highest BCUT2D eigenvalue weighted by molar-refractivity contribution is 5.78. The Hall–Kier alpha value is -1.68. The molecule has 0 saturated heterocycles. The van der Waals surface area contributed by atoms with E-state index in [1.165, 1.54) is 51.4 Å². The van der Waals surface area contributed by atoms with Gasteiger partial charge in [-0.1, -0.05) is 37.3 Å². The van der Waals surface area contributed by atoms with Crippen LogP contribution in [0.1, 0.15) is 75.1 Å². The van der Waals surface area contributed by atoms with Gasteiger partial charge in [0.2, 0.25) is 0 Å². The Morgan fingerprint density at radius 1 is 1.07 bits per heavy atom. The molecule has 1 heterocycles. The lowest BCUT2D eigenvalue weighted by atomic mass is 9.81. The van der Waals surface area contributed by atoms with E-state index in [4.69, 9.17) is 10.7 Å². The Labute approximate surface area is 162 Å². The number of hydrogen-bond donors (Lipinski definition) is 1. The van der Waals surface area contributed by atoms with Crippen LogP contribution in [-0.4, -0.2) is 16.1 Å². The third-order valence-electron chi connectivity index (χ3n) is 6.78. The van der Waals surface area contributed by atoms with Crippen molar-refractivity contribution in [1.82, 2.24) is 9.55 Å². The van der Waals surface area contributed by atoms with E-state index in [0.717, 1.165) is 41.8 Å². The fourth-order valence-corrected chi connectivity index (χ4v) is 5.24. The van der Waals surface area contributed by atoms with Gasteiger partial charge in [-0.25, -0.2) is 4.98 Å². The zero-order valence-corrected chi connectivity index (χ0v) is 16.6. The van der Waals surface area contributed by atoms with Crippen molar-refractivity contribution in [2.45, 2.75) is 77.2 Å². The zero-order chi connectivity index (χ0) is 18.8. The maximum absolute atomic E-state index is 13.5. The van der Waals surface area contributed by atoms with Crippen LogP contribution >= 0.6 is 0 Å². The topological polar surface area (TPSA) is 60.9 Å². The van der Waals surface area contributed by atoms with E-state index in [1.54, 1.807) is 0 Å². The highest BCUT2D eigenvalue weighted by Crippen LogP contribution is 2.34. The number of nitrogens with zero attached hydrogens (tertiary/aromatic N) is 2. The molecule has 2 aromatic rings. The van der Waals surface area contributed by atoms with Gasteiger partial charge >= 0.3 is 0 Å². The quantitative estimate of drug-likeness (QED) is 0.864. The second-order valence-corrected chi connectivity index (χ2v) is 8.88. The number of hydrogen-bond acceptors (Lipinski definition) is 3. The smallest absolute Gasteiger partial charge is 0.261 e. The molecule has 2 aliphatic rings. The standard InChI is InChI=1S/C23H33N3O/c1-16-10-11-21-20(12-16)23(27)26(15-18-7-5-6-17(13-18)14-24)22(25-21)19-8-3-2-4-9-19/h10-12,17-19H,2-9,13-15,24H2,1H3. The minimum atomic E-state index is 0.166. The summed E-state index contributed by atoms with van der Waals surface area (Å²) in [6, 6.07) is 6.10. The van der Waals surface area contributed by atoms with E-state index in [2.05, 4.69) is 10.6 Å². The average Bonchev–Trinajstić information content (AvgIpc) is 2.71. The highest BCUT2D eigenvalue weighted by atomic mass is 16.1. The SMILES string of the molecule is Cc1ccc2nc(C3CCCCC3)n(CC3CCCC(CN)C3)c(=O)c2c1. The monoisotopic (exact) mass is 367 g/mol. The summed E-state index contributed by atoms with van der Waals surface area (Å²) in [6.45, 7) is 3.64. The molecule has 0 spiro atoms. The highest BCUT2D eigenvalue weighted by Gasteiger charge is 2.26. The molecule has 0 bridgehead atoms. The summed E-state index contributed by atoms with van der Waals surface area (Å²) in [6.07, 6.45) is 11.0. The molecule has 0 amide bonds. The molecule has 1 aromatic heterocycles. The molecule has 4 heteroatoms. The fourth-order valence-electron chi connectivity index (χ4n) is 5.24. The van der Waals surface area contributed by atoms with Gasteiger partial charge < -0.3 is 5.73 Å². The van der Waals surface area contributed by atoms with Gasteiger partial charge in [-0.15, -0.1) is 0 Å². The zero-order valence-electron chi connectivity index (χ0n) is 16.6. The van der Waals surface area contributed by atoms with Crippen LogP contribution in [0, 0.1) is 18.8 Å². The van der Waals surface area contributed by atoms with Crippen LogP contribution < -0.4 is 11.3 Å². The van der Waals surface area contributed by atoms with Crippen molar-refractivity contribution in [2.24, 2.45) is 17.6 Å². The van der Waals surface area contributed by atoms with Crippen LogP contribution in [0.3, 0.4) is 0 Å². The molecule has 2 saturated carbocycles. The second-order valence-electron chi connectivity index (χ2n) is 8.88. The van der Waals surface area contributed by atoms with Crippen molar-refractivity contribution in [3.63, 3.8) is 0 Å². The Morgan fingerprint density at radius 3 is 2.63 bits per heavy atom. The first-order valence-electron chi connectivity index (χ1n) is 10.9. The Morgan fingerprint density at radius 2 is 1.85 bits per heavy atom. The van der Waals surface area contributed by atoms with E-state index in [1.807, 2.05) is 19.1 Å². The first-order valence-corrected chi connectivity index (χ1v) is 10.9. The maximum atomic E-state index is 13.5. The average molecular weight is 368 g/mol. The van der Waals surface area contributed by atoms with Crippen LogP contribution in [0.25, 0.3) is 10.9 Å².